The number of carbonyl (C=O) groups excluding carboxylic acids is 1. The van der Waals surface area contributed by atoms with Gasteiger partial charge in [-0.05, 0) is 35.7 Å². The van der Waals surface area contributed by atoms with Crippen LogP contribution in [0.25, 0.3) is 0 Å². The SMILES string of the molecule is Cc1ccccc1C1CC(c2cccc(NS(C)(=O)=O)c2)=NN1C(=O)C(C)(C)C. The number of sulfonamides is 1. The molecule has 1 atom stereocenters. The quantitative estimate of drug-likeness (QED) is 0.820. The van der Waals surface area contributed by atoms with E-state index < -0.39 is 15.4 Å². The average molecular weight is 414 g/mol. The zero-order valence-corrected chi connectivity index (χ0v) is 18.2. The van der Waals surface area contributed by atoms with Gasteiger partial charge in [-0.1, -0.05) is 57.2 Å². The van der Waals surface area contributed by atoms with Crippen molar-refractivity contribution in [2.75, 3.05) is 11.0 Å². The van der Waals surface area contributed by atoms with Crippen molar-refractivity contribution >= 4 is 27.3 Å². The summed E-state index contributed by atoms with van der Waals surface area (Å²) < 4.78 is 25.6. The van der Waals surface area contributed by atoms with Crippen LogP contribution in [0.15, 0.2) is 53.6 Å². The molecule has 154 valence electrons. The van der Waals surface area contributed by atoms with Crippen LogP contribution >= 0.6 is 0 Å². The molecule has 1 heterocycles. The van der Waals surface area contributed by atoms with E-state index in [0.29, 0.717) is 12.1 Å². The Balaban J connectivity index is 2.02. The minimum absolute atomic E-state index is 0.0498. The van der Waals surface area contributed by atoms with Gasteiger partial charge in [-0.25, -0.2) is 13.4 Å². The number of hydrazone groups is 1. The Morgan fingerprint density at radius 1 is 1.14 bits per heavy atom. The molecule has 0 spiro atoms. The van der Waals surface area contributed by atoms with Gasteiger partial charge in [0.2, 0.25) is 15.9 Å². The number of nitrogens with zero attached hydrogens (tertiary/aromatic N) is 2. The fourth-order valence-electron chi connectivity index (χ4n) is 3.39. The molecule has 1 unspecified atom stereocenters. The summed E-state index contributed by atoms with van der Waals surface area (Å²) in [5.74, 6) is -0.0498. The van der Waals surface area contributed by atoms with Gasteiger partial charge in [0, 0.05) is 17.5 Å². The molecule has 6 nitrogen and oxygen atoms in total. The van der Waals surface area contributed by atoms with Crippen molar-refractivity contribution in [1.29, 1.82) is 0 Å². The first-order chi connectivity index (χ1) is 13.5. The molecule has 1 amide bonds. The predicted molar refractivity (Wildman–Crippen MR) is 116 cm³/mol. The van der Waals surface area contributed by atoms with E-state index in [1.807, 2.05) is 58.0 Å². The van der Waals surface area contributed by atoms with Crippen LogP contribution in [0.5, 0.6) is 0 Å². The highest BCUT2D eigenvalue weighted by atomic mass is 32.2. The second-order valence-electron chi connectivity index (χ2n) is 8.48. The monoisotopic (exact) mass is 413 g/mol. The first kappa shape index (κ1) is 21.0. The van der Waals surface area contributed by atoms with Gasteiger partial charge < -0.3 is 0 Å². The van der Waals surface area contributed by atoms with E-state index in [1.165, 1.54) is 0 Å². The second kappa shape index (κ2) is 7.63. The lowest BCUT2D eigenvalue weighted by atomic mass is 9.91. The molecule has 7 heteroatoms. The third kappa shape index (κ3) is 4.85. The van der Waals surface area contributed by atoms with Crippen LogP contribution in [0.1, 0.15) is 49.9 Å². The van der Waals surface area contributed by atoms with Crippen LogP contribution < -0.4 is 4.72 Å². The van der Waals surface area contributed by atoms with Crippen molar-refractivity contribution in [1.82, 2.24) is 5.01 Å². The van der Waals surface area contributed by atoms with Crippen molar-refractivity contribution in [3.63, 3.8) is 0 Å². The lowest BCUT2D eigenvalue weighted by molar-refractivity contribution is -0.141. The van der Waals surface area contributed by atoms with Crippen LogP contribution in [-0.4, -0.2) is 31.3 Å². The summed E-state index contributed by atoms with van der Waals surface area (Å²) in [5.41, 5.74) is 3.62. The number of benzene rings is 2. The Morgan fingerprint density at radius 3 is 2.45 bits per heavy atom. The highest BCUT2D eigenvalue weighted by Gasteiger charge is 2.38. The summed E-state index contributed by atoms with van der Waals surface area (Å²) in [4.78, 5) is 13.1. The van der Waals surface area contributed by atoms with E-state index in [0.717, 1.165) is 28.7 Å². The molecular formula is C22H27N3O3S. The van der Waals surface area contributed by atoms with E-state index in [9.17, 15) is 13.2 Å². The van der Waals surface area contributed by atoms with Gasteiger partial charge >= 0.3 is 0 Å². The molecule has 29 heavy (non-hydrogen) atoms. The Labute approximate surface area is 172 Å². The maximum atomic E-state index is 13.1. The first-order valence-corrected chi connectivity index (χ1v) is 11.4. The molecule has 3 rings (SSSR count). The summed E-state index contributed by atoms with van der Waals surface area (Å²) in [5, 5.41) is 6.28. The third-order valence-corrected chi connectivity index (χ3v) is 5.41. The van der Waals surface area contributed by atoms with Crippen molar-refractivity contribution in [3.8, 4) is 0 Å². The zero-order chi connectivity index (χ0) is 21.4. The maximum Gasteiger partial charge on any atom is 0.248 e. The number of nitrogens with one attached hydrogen (secondary N) is 1. The molecule has 2 aromatic rings. The zero-order valence-electron chi connectivity index (χ0n) is 17.4. The molecule has 2 aromatic carbocycles. The van der Waals surface area contributed by atoms with Gasteiger partial charge in [0.05, 0.1) is 18.0 Å². The van der Waals surface area contributed by atoms with Gasteiger partial charge in [-0.2, -0.15) is 5.10 Å². The standard InChI is InChI=1S/C22H27N3O3S/c1-15-9-6-7-12-18(15)20-14-19(23-25(20)21(26)22(2,3)4)16-10-8-11-17(13-16)24-29(5,27)28/h6-13,20,24H,14H2,1-5H3. The Bertz CT molecular complexity index is 1070. The van der Waals surface area contributed by atoms with Gasteiger partial charge in [0.25, 0.3) is 0 Å². The minimum atomic E-state index is -3.37. The molecule has 0 radical (unpaired) electrons. The van der Waals surface area contributed by atoms with Crippen LogP contribution in [0.3, 0.4) is 0 Å². The highest BCUT2D eigenvalue weighted by Crippen LogP contribution is 2.37. The second-order valence-corrected chi connectivity index (χ2v) is 10.2. The van der Waals surface area contributed by atoms with Gasteiger partial charge in [-0.3, -0.25) is 9.52 Å². The smallest absolute Gasteiger partial charge is 0.248 e. The summed E-state index contributed by atoms with van der Waals surface area (Å²) >= 11 is 0. The number of amides is 1. The maximum absolute atomic E-state index is 13.1. The number of hydrogen-bond donors (Lipinski definition) is 1. The summed E-state index contributed by atoms with van der Waals surface area (Å²) in [6.45, 7) is 7.68. The lowest BCUT2D eigenvalue weighted by Crippen LogP contribution is -2.36. The largest absolute Gasteiger partial charge is 0.284 e. The molecule has 0 bridgehead atoms. The minimum Gasteiger partial charge on any atom is -0.284 e. The molecule has 0 aromatic heterocycles. The fraction of sp³-hybridized carbons (Fsp3) is 0.364. The van der Waals surface area contributed by atoms with Crippen molar-refractivity contribution in [3.05, 3.63) is 65.2 Å². The molecule has 1 N–H and O–H groups in total. The van der Waals surface area contributed by atoms with Gasteiger partial charge in [0.15, 0.2) is 0 Å². The van der Waals surface area contributed by atoms with Crippen molar-refractivity contribution in [2.45, 2.75) is 40.2 Å². The number of anilines is 1. The molecule has 0 saturated heterocycles. The van der Waals surface area contributed by atoms with Crippen molar-refractivity contribution < 1.29 is 13.2 Å². The molecular weight excluding hydrogens is 386 g/mol. The van der Waals surface area contributed by atoms with E-state index in [4.69, 9.17) is 0 Å². The van der Waals surface area contributed by atoms with E-state index in [-0.39, 0.29) is 11.9 Å². The molecule has 0 saturated carbocycles. The van der Waals surface area contributed by atoms with Crippen LogP contribution in [0, 0.1) is 12.3 Å². The average Bonchev–Trinajstić information content (AvgIpc) is 3.04. The van der Waals surface area contributed by atoms with E-state index in [2.05, 4.69) is 9.82 Å². The van der Waals surface area contributed by atoms with Gasteiger partial charge in [-0.15, -0.1) is 0 Å². The van der Waals surface area contributed by atoms with Crippen molar-refractivity contribution in [2.24, 2.45) is 10.5 Å². The number of hydrogen-bond acceptors (Lipinski definition) is 4. The van der Waals surface area contributed by atoms with Crippen LogP contribution in [-0.2, 0) is 14.8 Å². The lowest BCUT2D eigenvalue weighted by Gasteiger charge is -2.29. The normalized spacial score (nSPS) is 17.2. The fourth-order valence-corrected chi connectivity index (χ4v) is 3.95. The number of carbonyl (C=O) groups is 1. The third-order valence-electron chi connectivity index (χ3n) is 4.81. The van der Waals surface area contributed by atoms with Crippen LogP contribution in [0.2, 0.25) is 0 Å². The molecule has 1 aliphatic heterocycles. The summed E-state index contributed by atoms with van der Waals surface area (Å²) in [6, 6.07) is 14.9. The topological polar surface area (TPSA) is 78.8 Å². The predicted octanol–water partition coefficient (Wildman–Crippen LogP) is 4.09. The number of aryl methyl sites for hydroxylation is 1. The van der Waals surface area contributed by atoms with Crippen LogP contribution in [0.4, 0.5) is 5.69 Å². The van der Waals surface area contributed by atoms with Gasteiger partial charge in [0.1, 0.15) is 0 Å². The summed E-state index contributed by atoms with van der Waals surface area (Å²) in [7, 11) is -3.37. The molecule has 0 aliphatic carbocycles. The Hall–Kier alpha value is -2.67. The first-order valence-electron chi connectivity index (χ1n) is 9.50. The Morgan fingerprint density at radius 2 is 1.83 bits per heavy atom. The number of rotatable bonds is 4. The molecule has 0 fully saturated rings. The highest BCUT2D eigenvalue weighted by molar-refractivity contribution is 7.92. The molecule has 1 aliphatic rings. The summed E-state index contributed by atoms with van der Waals surface area (Å²) in [6.07, 6.45) is 1.68. The van der Waals surface area contributed by atoms with E-state index in [1.54, 1.807) is 23.2 Å². The van der Waals surface area contributed by atoms with E-state index >= 15 is 0 Å². The Kier molecular flexibility index (Phi) is 5.54.